The SMILES string of the molecule is CO/N=C1\CCCc2ccc(-c3cc(N(C)CCN(C)C)c(C(N)=O)c4[nH]cnc34)cc21. The van der Waals surface area contributed by atoms with E-state index in [0.29, 0.717) is 11.1 Å². The van der Waals surface area contributed by atoms with Crippen molar-refractivity contribution in [2.45, 2.75) is 19.3 Å². The van der Waals surface area contributed by atoms with Crippen molar-refractivity contribution in [2.75, 3.05) is 46.2 Å². The monoisotopic (exact) mass is 434 g/mol. The van der Waals surface area contributed by atoms with Crippen LogP contribution in [0.5, 0.6) is 0 Å². The second-order valence-electron chi connectivity index (χ2n) is 8.48. The summed E-state index contributed by atoms with van der Waals surface area (Å²) in [4.78, 5) is 29.4. The Morgan fingerprint density at radius 3 is 2.72 bits per heavy atom. The molecule has 0 bridgehead atoms. The smallest absolute Gasteiger partial charge is 0.253 e. The molecule has 1 aliphatic rings. The Kier molecular flexibility index (Phi) is 6.14. The first kappa shape index (κ1) is 21.8. The van der Waals surface area contributed by atoms with Crippen molar-refractivity contribution in [1.29, 1.82) is 0 Å². The number of primary amides is 1. The van der Waals surface area contributed by atoms with Gasteiger partial charge in [0.05, 0.1) is 34.3 Å². The van der Waals surface area contributed by atoms with Crippen molar-refractivity contribution >= 4 is 28.3 Å². The molecule has 32 heavy (non-hydrogen) atoms. The molecule has 0 fully saturated rings. The topological polar surface area (TPSA) is 99.8 Å². The van der Waals surface area contributed by atoms with Crippen molar-refractivity contribution in [3.05, 3.63) is 47.3 Å². The maximum Gasteiger partial charge on any atom is 0.253 e. The van der Waals surface area contributed by atoms with Crippen LogP contribution in [-0.4, -0.2) is 67.8 Å². The number of amides is 1. The van der Waals surface area contributed by atoms with Gasteiger partial charge >= 0.3 is 0 Å². The van der Waals surface area contributed by atoms with Crippen LogP contribution >= 0.6 is 0 Å². The van der Waals surface area contributed by atoms with Gasteiger partial charge in [0.2, 0.25) is 0 Å². The predicted molar refractivity (Wildman–Crippen MR) is 128 cm³/mol. The van der Waals surface area contributed by atoms with Gasteiger partial charge in [0.1, 0.15) is 7.11 Å². The lowest BCUT2D eigenvalue weighted by Gasteiger charge is -2.25. The molecular formula is C24H30N6O2. The second kappa shape index (κ2) is 9.00. The van der Waals surface area contributed by atoms with Crippen molar-refractivity contribution in [3.8, 4) is 11.1 Å². The summed E-state index contributed by atoms with van der Waals surface area (Å²) in [5.74, 6) is -0.475. The standard InChI is InChI=1S/C24H30N6O2/c1-29(2)10-11-30(3)20-13-18(22-23(27-14-26-22)21(20)24(25)31)16-9-8-15-6-5-7-19(28-32-4)17(15)12-16/h8-9,12-14H,5-7,10-11H2,1-4H3,(H2,25,31)(H,26,27)/b28-19+. The Hall–Kier alpha value is -3.39. The van der Waals surface area contributed by atoms with Gasteiger partial charge in [-0.3, -0.25) is 4.79 Å². The van der Waals surface area contributed by atoms with Gasteiger partial charge in [0, 0.05) is 31.3 Å². The molecular weight excluding hydrogens is 404 g/mol. The number of carbonyl (C=O) groups is 1. The highest BCUT2D eigenvalue weighted by Crippen LogP contribution is 2.37. The lowest BCUT2D eigenvalue weighted by Crippen LogP contribution is -2.30. The molecule has 0 atom stereocenters. The van der Waals surface area contributed by atoms with Crippen LogP contribution in [0.25, 0.3) is 22.2 Å². The van der Waals surface area contributed by atoms with Crippen LogP contribution in [0.15, 0.2) is 35.7 Å². The number of aryl methyl sites for hydroxylation is 1. The summed E-state index contributed by atoms with van der Waals surface area (Å²) in [6, 6.07) is 8.45. The number of nitrogens with one attached hydrogen (secondary N) is 1. The van der Waals surface area contributed by atoms with Gasteiger partial charge < -0.3 is 25.4 Å². The van der Waals surface area contributed by atoms with E-state index in [1.165, 1.54) is 5.56 Å². The number of aromatic amines is 1. The first-order valence-electron chi connectivity index (χ1n) is 10.8. The summed E-state index contributed by atoms with van der Waals surface area (Å²) < 4.78 is 0. The number of H-pyrrole nitrogens is 1. The molecule has 0 aliphatic heterocycles. The Morgan fingerprint density at radius 1 is 1.19 bits per heavy atom. The quantitative estimate of drug-likeness (QED) is 0.557. The lowest BCUT2D eigenvalue weighted by molar-refractivity contribution is 0.100. The highest BCUT2D eigenvalue weighted by molar-refractivity contribution is 6.13. The summed E-state index contributed by atoms with van der Waals surface area (Å²) in [5, 5.41) is 4.26. The van der Waals surface area contributed by atoms with Crippen LogP contribution in [0.3, 0.4) is 0 Å². The minimum atomic E-state index is -0.475. The van der Waals surface area contributed by atoms with Gasteiger partial charge in [-0.2, -0.15) is 0 Å². The van der Waals surface area contributed by atoms with Gasteiger partial charge in [0.15, 0.2) is 0 Å². The lowest BCUT2D eigenvalue weighted by atomic mass is 9.87. The maximum absolute atomic E-state index is 12.4. The molecule has 0 saturated carbocycles. The van der Waals surface area contributed by atoms with E-state index in [4.69, 9.17) is 10.6 Å². The van der Waals surface area contributed by atoms with Crippen molar-refractivity contribution < 1.29 is 9.63 Å². The summed E-state index contributed by atoms with van der Waals surface area (Å²) in [5.41, 5.74) is 13.8. The van der Waals surface area contributed by atoms with Gasteiger partial charge in [0.25, 0.3) is 5.91 Å². The number of carbonyl (C=O) groups excluding carboxylic acids is 1. The normalized spacial score (nSPS) is 14.7. The van der Waals surface area contributed by atoms with Crippen molar-refractivity contribution in [3.63, 3.8) is 0 Å². The van der Waals surface area contributed by atoms with Crippen LogP contribution in [0, 0.1) is 0 Å². The number of rotatable bonds is 7. The van der Waals surface area contributed by atoms with Crippen LogP contribution in [0.2, 0.25) is 0 Å². The van der Waals surface area contributed by atoms with Gasteiger partial charge in [-0.25, -0.2) is 4.98 Å². The fourth-order valence-corrected chi connectivity index (χ4v) is 4.35. The number of hydrogen-bond acceptors (Lipinski definition) is 6. The van der Waals surface area contributed by atoms with Crippen LogP contribution in [-0.2, 0) is 11.3 Å². The van der Waals surface area contributed by atoms with E-state index in [0.717, 1.165) is 66.0 Å². The molecule has 3 N–H and O–H groups in total. The molecule has 1 heterocycles. The van der Waals surface area contributed by atoms with Crippen molar-refractivity contribution in [2.24, 2.45) is 10.9 Å². The number of oxime groups is 1. The van der Waals surface area contributed by atoms with E-state index >= 15 is 0 Å². The zero-order valence-electron chi connectivity index (χ0n) is 19.1. The Balaban J connectivity index is 1.89. The molecule has 0 saturated heterocycles. The summed E-state index contributed by atoms with van der Waals surface area (Å²) in [6.45, 7) is 1.60. The Bertz CT molecular complexity index is 1180. The van der Waals surface area contributed by atoms with Gasteiger partial charge in [-0.05, 0) is 56.6 Å². The molecule has 1 aliphatic carbocycles. The predicted octanol–water partition coefficient (Wildman–Crippen LogP) is 3.01. The molecule has 1 aromatic heterocycles. The maximum atomic E-state index is 12.4. The van der Waals surface area contributed by atoms with E-state index in [1.54, 1.807) is 13.4 Å². The molecule has 0 radical (unpaired) electrons. The Morgan fingerprint density at radius 2 is 2.00 bits per heavy atom. The van der Waals surface area contributed by atoms with Gasteiger partial charge in [-0.15, -0.1) is 0 Å². The molecule has 8 heteroatoms. The van der Waals surface area contributed by atoms with Gasteiger partial charge in [-0.1, -0.05) is 17.3 Å². The molecule has 4 rings (SSSR count). The van der Waals surface area contributed by atoms with Crippen LogP contribution in [0.4, 0.5) is 5.69 Å². The van der Waals surface area contributed by atoms with E-state index in [9.17, 15) is 4.79 Å². The molecule has 0 spiro atoms. The third-order valence-electron chi connectivity index (χ3n) is 6.01. The molecule has 0 unspecified atom stereocenters. The van der Waals surface area contributed by atoms with Crippen molar-refractivity contribution in [1.82, 2.24) is 14.9 Å². The average Bonchev–Trinajstić information content (AvgIpc) is 3.26. The van der Waals surface area contributed by atoms with E-state index < -0.39 is 5.91 Å². The number of likely N-dealkylation sites (N-methyl/N-ethyl adjacent to an activating group) is 2. The zero-order valence-corrected chi connectivity index (χ0v) is 19.1. The summed E-state index contributed by atoms with van der Waals surface area (Å²) in [6.07, 6.45) is 4.59. The fraction of sp³-hybridized carbons (Fsp3) is 0.375. The number of benzene rings is 2. The van der Waals surface area contributed by atoms with E-state index in [2.05, 4.69) is 43.1 Å². The first-order valence-corrected chi connectivity index (χ1v) is 10.8. The number of nitrogens with two attached hydrogens (primary N) is 1. The molecule has 3 aromatic rings. The minimum Gasteiger partial charge on any atom is -0.399 e. The number of imidazole rings is 1. The number of hydrogen-bond donors (Lipinski definition) is 2. The van der Waals surface area contributed by atoms with Crippen LogP contribution < -0.4 is 10.6 Å². The number of fused-ring (bicyclic) bond motifs is 2. The fourth-order valence-electron chi connectivity index (χ4n) is 4.35. The van der Waals surface area contributed by atoms with E-state index in [1.807, 2.05) is 27.2 Å². The van der Waals surface area contributed by atoms with E-state index in [-0.39, 0.29) is 0 Å². The number of anilines is 1. The molecule has 168 valence electrons. The summed E-state index contributed by atoms with van der Waals surface area (Å²) in [7, 11) is 7.61. The number of aromatic nitrogens is 2. The minimum absolute atomic E-state index is 0.460. The number of nitrogens with zero attached hydrogens (tertiary/aromatic N) is 4. The van der Waals surface area contributed by atoms with Crippen LogP contribution in [0.1, 0.15) is 34.3 Å². The highest BCUT2D eigenvalue weighted by Gasteiger charge is 2.23. The zero-order chi connectivity index (χ0) is 22.8. The second-order valence-corrected chi connectivity index (χ2v) is 8.48. The summed E-state index contributed by atoms with van der Waals surface area (Å²) >= 11 is 0. The highest BCUT2D eigenvalue weighted by atomic mass is 16.6. The Labute approximate surface area is 188 Å². The molecule has 8 nitrogen and oxygen atoms in total. The third kappa shape index (κ3) is 4.05. The largest absolute Gasteiger partial charge is 0.399 e. The molecule has 1 amide bonds. The average molecular weight is 435 g/mol. The third-order valence-corrected chi connectivity index (χ3v) is 6.01. The molecule has 2 aromatic carbocycles. The first-order chi connectivity index (χ1) is 15.4.